The summed E-state index contributed by atoms with van der Waals surface area (Å²) < 4.78 is 37.5. The van der Waals surface area contributed by atoms with Gasteiger partial charge in [0.15, 0.2) is 0 Å². The van der Waals surface area contributed by atoms with E-state index >= 15 is 0 Å². The minimum atomic E-state index is -4.30. The van der Waals surface area contributed by atoms with Crippen LogP contribution in [-0.2, 0) is 0 Å². The first-order valence-corrected chi connectivity index (χ1v) is 4.40. The monoisotopic (exact) mass is 217 g/mol. The van der Waals surface area contributed by atoms with Gasteiger partial charge in [0, 0.05) is 11.3 Å². The maximum absolute atomic E-state index is 11.8. The lowest BCUT2D eigenvalue weighted by Crippen LogP contribution is -2.04. The fraction of sp³-hybridized carbons (Fsp3) is 0.111. The van der Waals surface area contributed by atoms with Crippen LogP contribution in [0.1, 0.15) is 5.56 Å². The maximum Gasteiger partial charge on any atom is 0.461 e. The summed E-state index contributed by atoms with van der Waals surface area (Å²) in [5.41, 5.74) is -3.42. The third-order valence-corrected chi connectivity index (χ3v) is 1.88. The Kier molecular flexibility index (Phi) is 3.31. The van der Waals surface area contributed by atoms with Gasteiger partial charge in [0.05, 0.1) is 11.9 Å². The molecule has 0 unspecified atom stereocenters. The summed E-state index contributed by atoms with van der Waals surface area (Å²) >= 11 is -0.313. The third-order valence-electron chi connectivity index (χ3n) is 1.31. The van der Waals surface area contributed by atoms with Crippen LogP contribution in [-0.4, -0.2) is 5.51 Å². The van der Waals surface area contributed by atoms with Crippen molar-refractivity contribution in [2.45, 2.75) is 5.51 Å². The lowest BCUT2D eigenvalue weighted by atomic mass is 10.2. The van der Waals surface area contributed by atoms with Crippen molar-refractivity contribution in [2.75, 3.05) is 4.72 Å². The van der Waals surface area contributed by atoms with Crippen LogP contribution in [0.4, 0.5) is 18.9 Å². The molecule has 74 valence electrons. The fourth-order valence-electron chi connectivity index (χ4n) is 0.789. The Morgan fingerprint density at radius 3 is 2.64 bits per heavy atom. The third kappa shape index (κ3) is 3.62. The van der Waals surface area contributed by atoms with Gasteiger partial charge in [-0.25, -0.2) is 0 Å². The molecule has 0 saturated heterocycles. The highest BCUT2D eigenvalue weighted by Gasteiger charge is 2.28. The molecule has 1 nitrogen and oxygen atoms in total. The largest absolute Gasteiger partial charge is 0.461 e. The van der Waals surface area contributed by atoms with Crippen LogP contribution in [0.25, 0.3) is 0 Å². The van der Waals surface area contributed by atoms with Crippen molar-refractivity contribution >= 4 is 17.6 Å². The molecule has 0 spiro atoms. The summed E-state index contributed by atoms with van der Waals surface area (Å²) in [4.78, 5) is 0. The highest BCUT2D eigenvalue weighted by Crippen LogP contribution is 2.30. The zero-order valence-corrected chi connectivity index (χ0v) is 7.75. The summed E-state index contributed by atoms with van der Waals surface area (Å²) in [5, 5.41) is 0. The number of benzene rings is 1. The Balaban J connectivity index is 2.65. The van der Waals surface area contributed by atoms with Crippen LogP contribution in [0, 0.1) is 12.3 Å². The van der Waals surface area contributed by atoms with Gasteiger partial charge in [-0.3, -0.25) is 0 Å². The quantitative estimate of drug-likeness (QED) is 0.602. The lowest BCUT2D eigenvalue weighted by Gasteiger charge is -2.07. The zero-order valence-electron chi connectivity index (χ0n) is 6.93. The van der Waals surface area contributed by atoms with Crippen LogP contribution in [0.2, 0.25) is 0 Å². The van der Waals surface area contributed by atoms with Crippen molar-refractivity contribution in [1.82, 2.24) is 0 Å². The molecular formula is C9H6F3NS. The first-order chi connectivity index (χ1) is 6.51. The zero-order chi connectivity index (χ0) is 10.6. The highest BCUT2D eigenvalue weighted by atomic mass is 32.2. The Hall–Kier alpha value is -1.28. The number of hydrogen-bond acceptors (Lipinski definition) is 2. The molecule has 0 saturated carbocycles. The smallest absolute Gasteiger partial charge is 0.323 e. The van der Waals surface area contributed by atoms with E-state index in [0.717, 1.165) is 0 Å². The molecule has 1 aromatic carbocycles. The fourth-order valence-corrected chi connectivity index (χ4v) is 1.15. The number of alkyl halides is 3. The van der Waals surface area contributed by atoms with E-state index in [1.54, 1.807) is 12.1 Å². The van der Waals surface area contributed by atoms with Gasteiger partial charge in [-0.1, -0.05) is 12.0 Å². The molecular weight excluding hydrogens is 211 g/mol. The maximum atomic E-state index is 11.8. The topological polar surface area (TPSA) is 12.0 Å². The van der Waals surface area contributed by atoms with E-state index in [1.165, 1.54) is 12.1 Å². The van der Waals surface area contributed by atoms with Crippen LogP contribution < -0.4 is 4.72 Å². The first kappa shape index (κ1) is 10.8. The van der Waals surface area contributed by atoms with Crippen LogP contribution in [0.3, 0.4) is 0 Å². The van der Waals surface area contributed by atoms with Crippen molar-refractivity contribution in [3.05, 3.63) is 29.8 Å². The summed E-state index contributed by atoms with van der Waals surface area (Å²) in [6.07, 6.45) is 5.09. The van der Waals surface area contributed by atoms with Gasteiger partial charge in [-0.05, 0) is 18.2 Å². The Morgan fingerprint density at radius 1 is 1.36 bits per heavy atom. The second-order valence-corrected chi connectivity index (χ2v) is 3.25. The van der Waals surface area contributed by atoms with Crippen molar-refractivity contribution in [2.24, 2.45) is 0 Å². The van der Waals surface area contributed by atoms with Crippen molar-refractivity contribution in [1.29, 1.82) is 0 Å². The van der Waals surface area contributed by atoms with Gasteiger partial charge in [0.1, 0.15) is 0 Å². The van der Waals surface area contributed by atoms with E-state index in [0.29, 0.717) is 11.3 Å². The molecule has 5 heteroatoms. The summed E-state index contributed by atoms with van der Waals surface area (Å²) in [6, 6.07) is 6.22. The standard InChI is InChI=1S/C9H6F3NS/c1-2-7-4-3-5-8(6-7)13-14-9(10,11)12/h1,3-6,13H. The molecule has 1 aromatic rings. The second kappa shape index (κ2) is 4.29. The Bertz CT molecular complexity index is 354. The van der Waals surface area contributed by atoms with Gasteiger partial charge >= 0.3 is 5.51 Å². The van der Waals surface area contributed by atoms with Crippen LogP contribution in [0.15, 0.2) is 24.3 Å². The van der Waals surface area contributed by atoms with Gasteiger partial charge in [0.25, 0.3) is 0 Å². The molecule has 1 rings (SSSR count). The van der Waals surface area contributed by atoms with Crippen molar-refractivity contribution in [3.8, 4) is 12.3 Å². The second-order valence-electron chi connectivity index (χ2n) is 2.38. The van der Waals surface area contributed by atoms with E-state index in [9.17, 15) is 13.2 Å². The molecule has 0 atom stereocenters. The molecule has 0 aliphatic rings. The van der Waals surface area contributed by atoms with Crippen LogP contribution >= 0.6 is 11.9 Å². The Labute approximate surface area is 83.8 Å². The number of halogens is 3. The molecule has 0 heterocycles. The number of terminal acetylenes is 1. The van der Waals surface area contributed by atoms with Gasteiger partial charge in [-0.2, -0.15) is 13.2 Å². The minimum absolute atomic E-state index is 0.313. The molecule has 0 aliphatic heterocycles. The van der Waals surface area contributed by atoms with E-state index in [1.807, 2.05) is 0 Å². The average molecular weight is 217 g/mol. The van der Waals surface area contributed by atoms with E-state index in [-0.39, 0.29) is 11.9 Å². The van der Waals surface area contributed by atoms with E-state index in [2.05, 4.69) is 10.6 Å². The predicted octanol–water partition coefficient (Wildman–Crippen LogP) is 3.25. The molecule has 0 fully saturated rings. The number of rotatable bonds is 2. The summed E-state index contributed by atoms with van der Waals surface area (Å²) in [6.45, 7) is 0. The van der Waals surface area contributed by atoms with Crippen LogP contribution in [0.5, 0.6) is 0 Å². The predicted molar refractivity (Wildman–Crippen MR) is 51.6 cm³/mol. The summed E-state index contributed by atoms with van der Waals surface area (Å²) in [7, 11) is 0. The SMILES string of the molecule is C#Cc1cccc(NSC(F)(F)F)c1. The normalized spacial score (nSPS) is 10.7. The highest BCUT2D eigenvalue weighted by molar-refractivity contribution is 8.01. The Morgan fingerprint density at radius 2 is 2.07 bits per heavy atom. The van der Waals surface area contributed by atoms with Gasteiger partial charge in [0.2, 0.25) is 0 Å². The molecule has 0 aliphatic carbocycles. The molecule has 1 N–H and O–H groups in total. The van der Waals surface area contributed by atoms with Crippen molar-refractivity contribution < 1.29 is 13.2 Å². The average Bonchev–Trinajstić information content (AvgIpc) is 2.14. The summed E-state index contributed by atoms with van der Waals surface area (Å²) in [5.74, 6) is 2.33. The lowest BCUT2D eigenvalue weighted by molar-refractivity contribution is -0.0323. The molecule has 0 aromatic heterocycles. The molecule has 0 radical (unpaired) electrons. The molecule has 0 amide bonds. The number of anilines is 1. The molecule has 14 heavy (non-hydrogen) atoms. The minimum Gasteiger partial charge on any atom is -0.323 e. The van der Waals surface area contributed by atoms with E-state index in [4.69, 9.17) is 6.42 Å². The van der Waals surface area contributed by atoms with Gasteiger partial charge in [-0.15, -0.1) is 6.42 Å². The van der Waals surface area contributed by atoms with E-state index < -0.39 is 5.51 Å². The first-order valence-electron chi connectivity index (χ1n) is 3.59. The number of nitrogens with one attached hydrogen (secondary N) is 1. The van der Waals surface area contributed by atoms with Gasteiger partial charge < -0.3 is 4.72 Å². The number of hydrogen-bond donors (Lipinski definition) is 1. The van der Waals surface area contributed by atoms with Crippen molar-refractivity contribution in [3.63, 3.8) is 0 Å². The molecule has 0 bridgehead atoms.